The van der Waals surface area contributed by atoms with Gasteiger partial charge in [0.2, 0.25) is 0 Å². The van der Waals surface area contributed by atoms with E-state index in [1.165, 1.54) is 5.57 Å². The molecule has 18 heavy (non-hydrogen) atoms. The monoisotopic (exact) mass is 248 g/mol. The Morgan fingerprint density at radius 1 is 1.44 bits per heavy atom. The quantitative estimate of drug-likeness (QED) is 0.407. The van der Waals surface area contributed by atoms with Crippen LogP contribution in [0.5, 0.6) is 0 Å². The minimum atomic E-state index is -0.494. The van der Waals surface area contributed by atoms with Crippen molar-refractivity contribution in [3.05, 3.63) is 35.5 Å². The topological polar surface area (TPSA) is 46.5 Å². The van der Waals surface area contributed by atoms with Crippen LogP contribution in [0, 0.1) is 5.92 Å². The summed E-state index contributed by atoms with van der Waals surface area (Å²) in [6, 6.07) is 0. The van der Waals surface area contributed by atoms with Gasteiger partial charge in [0.1, 0.15) is 6.10 Å². The van der Waals surface area contributed by atoms with Gasteiger partial charge in [0.15, 0.2) is 0 Å². The van der Waals surface area contributed by atoms with Crippen molar-refractivity contribution in [1.29, 1.82) is 0 Å². The Kier molecular flexibility index (Phi) is 3.71. The second-order valence-corrected chi connectivity index (χ2v) is 5.25. The number of hydrogen-bond donors (Lipinski definition) is 1. The van der Waals surface area contributed by atoms with Crippen molar-refractivity contribution < 1.29 is 14.6 Å². The summed E-state index contributed by atoms with van der Waals surface area (Å²) < 4.78 is 5.32. The molecule has 0 aromatic carbocycles. The van der Waals surface area contributed by atoms with E-state index in [-0.39, 0.29) is 18.0 Å². The highest BCUT2D eigenvalue weighted by Gasteiger charge is 2.37. The lowest BCUT2D eigenvalue weighted by Gasteiger charge is -2.19. The van der Waals surface area contributed by atoms with Gasteiger partial charge in [-0.2, -0.15) is 0 Å². The zero-order chi connectivity index (χ0) is 13.3. The molecule has 1 aliphatic heterocycles. The van der Waals surface area contributed by atoms with E-state index in [0.717, 1.165) is 18.4 Å². The molecule has 0 spiro atoms. The number of ether oxygens (including phenoxy) is 1. The van der Waals surface area contributed by atoms with E-state index in [9.17, 15) is 9.90 Å². The number of allylic oxidation sites excluding steroid dienone is 1. The molecule has 1 saturated heterocycles. The summed E-state index contributed by atoms with van der Waals surface area (Å²) in [4.78, 5) is 11.6. The summed E-state index contributed by atoms with van der Waals surface area (Å²) in [5.74, 6) is -0.259. The van der Waals surface area contributed by atoms with E-state index in [1.807, 2.05) is 13.0 Å². The first-order chi connectivity index (χ1) is 8.49. The normalized spacial score (nSPS) is 39.2. The van der Waals surface area contributed by atoms with Crippen LogP contribution in [-0.2, 0) is 9.53 Å². The van der Waals surface area contributed by atoms with Gasteiger partial charge in [-0.25, -0.2) is 4.79 Å². The van der Waals surface area contributed by atoms with Crippen molar-refractivity contribution in [3.8, 4) is 0 Å². The van der Waals surface area contributed by atoms with Gasteiger partial charge in [0.05, 0.1) is 6.10 Å². The van der Waals surface area contributed by atoms with E-state index in [4.69, 9.17) is 4.74 Å². The molecule has 0 radical (unpaired) electrons. The molecule has 1 heterocycles. The molecule has 0 amide bonds. The van der Waals surface area contributed by atoms with Crippen LogP contribution >= 0.6 is 0 Å². The fraction of sp³-hybridized carbons (Fsp3) is 0.533. The first-order valence-electron chi connectivity index (χ1n) is 6.41. The number of rotatable bonds is 0. The molecule has 3 nitrogen and oxygen atoms in total. The highest BCUT2D eigenvalue weighted by molar-refractivity contribution is 5.91. The Morgan fingerprint density at radius 2 is 2.17 bits per heavy atom. The molecular formula is C15H20O3. The SMILES string of the molecule is C=C1C(=O)O[C@H]2/C=C(\C)[C@H](O)C/C=C(/C)CC[C@@H]12. The maximum Gasteiger partial charge on any atom is 0.334 e. The number of carbonyl (C=O) groups is 1. The van der Waals surface area contributed by atoms with Crippen LogP contribution in [0.1, 0.15) is 33.1 Å². The van der Waals surface area contributed by atoms with Gasteiger partial charge >= 0.3 is 5.97 Å². The molecule has 0 bridgehead atoms. The Hall–Kier alpha value is -1.35. The van der Waals surface area contributed by atoms with Crippen LogP contribution in [0.2, 0.25) is 0 Å². The second kappa shape index (κ2) is 5.11. The summed E-state index contributed by atoms with van der Waals surface area (Å²) in [5, 5.41) is 9.99. The molecule has 1 aliphatic carbocycles. The first-order valence-corrected chi connectivity index (χ1v) is 6.41. The van der Waals surface area contributed by atoms with Crippen LogP contribution in [0.3, 0.4) is 0 Å². The fourth-order valence-electron chi connectivity index (χ4n) is 2.47. The van der Waals surface area contributed by atoms with Crippen LogP contribution < -0.4 is 0 Å². The van der Waals surface area contributed by atoms with Crippen LogP contribution in [0.25, 0.3) is 0 Å². The molecule has 0 saturated carbocycles. The van der Waals surface area contributed by atoms with E-state index < -0.39 is 6.10 Å². The van der Waals surface area contributed by atoms with Crippen molar-refractivity contribution in [2.45, 2.75) is 45.3 Å². The third kappa shape index (κ3) is 2.56. The Labute approximate surface area is 108 Å². The molecule has 0 aromatic heterocycles. The number of aliphatic hydroxyl groups excluding tert-OH is 1. The highest BCUT2D eigenvalue weighted by Crippen LogP contribution is 2.34. The molecule has 98 valence electrons. The summed E-state index contributed by atoms with van der Waals surface area (Å²) in [6.07, 6.45) is 5.61. The molecule has 1 fully saturated rings. The molecule has 0 aromatic rings. The number of aliphatic hydroxyl groups is 1. The van der Waals surface area contributed by atoms with Crippen molar-refractivity contribution in [2.24, 2.45) is 5.92 Å². The lowest BCUT2D eigenvalue weighted by molar-refractivity contribution is -0.137. The van der Waals surface area contributed by atoms with Gasteiger partial charge in [-0.05, 0) is 44.8 Å². The van der Waals surface area contributed by atoms with Gasteiger partial charge in [-0.1, -0.05) is 18.2 Å². The molecule has 1 N–H and O–H groups in total. The lowest BCUT2D eigenvalue weighted by atomic mass is 9.88. The predicted octanol–water partition coefficient (Wildman–Crippen LogP) is 2.52. The summed E-state index contributed by atoms with van der Waals surface area (Å²) >= 11 is 0. The standard InChI is InChI=1S/C15H20O3/c1-9-4-6-12-11(3)15(17)18-14(12)8-10(2)13(16)7-5-9/h5,8,12-14,16H,3-4,6-7H2,1-2H3/b9-5-,10-8+/t12-,13+,14-/m0/s1. The molecule has 2 aliphatic rings. The highest BCUT2D eigenvalue weighted by atomic mass is 16.5. The van der Waals surface area contributed by atoms with Crippen LogP contribution in [0.15, 0.2) is 35.5 Å². The third-order valence-electron chi connectivity index (χ3n) is 3.84. The summed E-state index contributed by atoms with van der Waals surface area (Å²) in [7, 11) is 0. The average molecular weight is 248 g/mol. The smallest absolute Gasteiger partial charge is 0.334 e. The Bertz CT molecular complexity index is 431. The van der Waals surface area contributed by atoms with Crippen LogP contribution in [-0.4, -0.2) is 23.3 Å². The zero-order valence-corrected chi connectivity index (χ0v) is 11.0. The zero-order valence-electron chi connectivity index (χ0n) is 11.0. The van der Waals surface area contributed by atoms with Gasteiger partial charge < -0.3 is 9.84 Å². The van der Waals surface area contributed by atoms with Crippen molar-refractivity contribution >= 4 is 5.97 Å². The van der Waals surface area contributed by atoms with E-state index in [0.29, 0.717) is 12.0 Å². The Morgan fingerprint density at radius 3 is 2.89 bits per heavy atom. The number of carbonyl (C=O) groups excluding carboxylic acids is 1. The van der Waals surface area contributed by atoms with Gasteiger partial charge in [-0.3, -0.25) is 0 Å². The average Bonchev–Trinajstić information content (AvgIpc) is 2.59. The van der Waals surface area contributed by atoms with Gasteiger partial charge in [-0.15, -0.1) is 0 Å². The third-order valence-corrected chi connectivity index (χ3v) is 3.84. The minimum Gasteiger partial charge on any atom is -0.454 e. The molecule has 3 heteroatoms. The first kappa shape index (κ1) is 13.1. The second-order valence-electron chi connectivity index (χ2n) is 5.25. The molecular weight excluding hydrogens is 228 g/mol. The maximum atomic E-state index is 11.6. The Balaban J connectivity index is 2.29. The predicted molar refractivity (Wildman–Crippen MR) is 69.9 cm³/mol. The lowest BCUT2D eigenvalue weighted by Crippen LogP contribution is -2.18. The summed E-state index contributed by atoms with van der Waals surface area (Å²) in [5.41, 5.74) is 2.67. The van der Waals surface area contributed by atoms with Gasteiger partial charge in [0, 0.05) is 11.5 Å². The van der Waals surface area contributed by atoms with E-state index >= 15 is 0 Å². The largest absolute Gasteiger partial charge is 0.454 e. The number of hydrogen-bond acceptors (Lipinski definition) is 3. The number of fused-ring (bicyclic) bond motifs is 1. The minimum absolute atomic E-state index is 0.0427. The molecule has 0 unspecified atom stereocenters. The van der Waals surface area contributed by atoms with E-state index in [2.05, 4.69) is 19.6 Å². The van der Waals surface area contributed by atoms with Crippen molar-refractivity contribution in [2.75, 3.05) is 0 Å². The van der Waals surface area contributed by atoms with Crippen molar-refractivity contribution in [3.63, 3.8) is 0 Å². The molecule has 2 rings (SSSR count). The van der Waals surface area contributed by atoms with Crippen molar-refractivity contribution in [1.82, 2.24) is 0 Å². The molecule has 3 atom stereocenters. The fourth-order valence-corrected chi connectivity index (χ4v) is 2.47. The maximum absolute atomic E-state index is 11.6. The number of esters is 1. The summed E-state index contributed by atoms with van der Waals surface area (Å²) in [6.45, 7) is 7.76. The van der Waals surface area contributed by atoms with Gasteiger partial charge in [0.25, 0.3) is 0 Å². The van der Waals surface area contributed by atoms with E-state index in [1.54, 1.807) is 0 Å². The van der Waals surface area contributed by atoms with Crippen LogP contribution in [0.4, 0.5) is 0 Å².